The van der Waals surface area contributed by atoms with Crippen LogP contribution < -0.4 is 9.80 Å². The summed E-state index contributed by atoms with van der Waals surface area (Å²) in [6.07, 6.45) is 1.87. The van der Waals surface area contributed by atoms with Gasteiger partial charge in [-0.3, -0.25) is 0 Å². The van der Waals surface area contributed by atoms with Crippen LogP contribution in [0, 0.1) is 5.41 Å². The van der Waals surface area contributed by atoms with Gasteiger partial charge in [0.15, 0.2) is 0 Å². The van der Waals surface area contributed by atoms with Gasteiger partial charge in [-0.05, 0) is 32.9 Å². The summed E-state index contributed by atoms with van der Waals surface area (Å²) in [5.41, 5.74) is 2.19. The van der Waals surface area contributed by atoms with Gasteiger partial charge in [0, 0.05) is 17.2 Å². The van der Waals surface area contributed by atoms with Crippen molar-refractivity contribution < 1.29 is 5.11 Å². The molecule has 0 aliphatic carbocycles. The zero-order chi connectivity index (χ0) is 15.1. The third-order valence-corrected chi connectivity index (χ3v) is 3.63. The van der Waals surface area contributed by atoms with Gasteiger partial charge in [-0.1, -0.05) is 32.9 Å². The van der Waals surface area contributed by atoms with Crippen molar-refractivity contribution in [3.8, 4) is 0 Å². The number of nitrogens with zero attached hydrogens (tertiary/aromatic N) is 2. The second kappa shape index (κ2) is 4.72. The first kappa shape index (κ1) is 14.8. The molecule has 1 aromatic rings. The number of para-hydroxylation sites is 2. The van der Waals surface area contributed by atoms with Gasteiger partial charge < -0.3 is 14.9 Å². The molecule has 0 radical (unpaired) electrons. The molecule has 20 heavy (non-hydrogen) atoms. The number of aliphatic hydroxyl groups excluding tert-OH is 1. The summed E-state index contributed by atoms with van der Waals surface area (Å²) in [4.78, 5) is 4.48. The predicted octanol–water partition coefficient (Wildman–Crippen LogP) is 4.51. The van der Waals surface area contributed by atoms with E-state index in [2.05, 4.69) is 48.8 Å². The molecule has 1 aliphatic heterocycles. The van der Waals surface area contributed by atoms with Crippen LogP contribution in [0.25, 0.3) is 0 Å². The van der Waals surface area contributed by atoms with E-state index in [-0.39, 0.29) is 11.0 Å². The predicted molar refractivity (Wildman–Crippen MR) is 86.2 cm³/mol. The number of hydrogen-bond acceptors (Lipinski definition) is 3. The number of rotatable bonds is 1. The summed E-state index contributed by atoms with van der Waals surface area (Å²) >= 11 is 0. The van der Waals surface area contributed by atoms with Gasteiger partial charge in [-0.2, -0.15) is 0 Å². The highest BCUT2D eigenvalue weighted by Gasteiger charge is 2.32. The summed E-state index contributed by atoms with van der Waals surface area (Å²) in [5, 5.41) is 10.3. The van der Waals surface area contributed by atoms with Crippen molar-refractivity contribution in [3.05, 3.63) is 36.2 Å². The van der Waals surface area contributed by atoms with E-state index in [1.54, 1.807) is 0 Å². The second-order valence-corrected chi connectivity index (χ2v) is 7.46. The minimum atomic E-state index is -0.232. The molecule has 0 saturated heterocycles. The topological polar surface area (TPSA) is 26.7 Å². The van der Waals surface area contributed by atoms with Crippen molar-refractivity contribution in [3.63, 3.8) is 0 Å². The summed E-state index contributed by atoms with van der Waals surface area (Å²) < 4.78 is 0. The molecule has 0 aromatic heterocycles. The van der Waals surface area contributed by atoms with Crippen LogP contribution in [0.3, 0.4) is 0 Å². The number of benzene rings is 1. The Hall–Kier alpha value is -1.64. The second-order valence-electron chi connectivity index (χ2n) is 7.46. The van der Waals surface area contributed by atoms with E-state index >= 15 is 0 Å². The van der Waals surface area contributed by atoms with E-state index in [0.29, 0.717) is 5.76 Å². The summed E-state index contributed by atoms with van der Waals surface area (Å²) in [6, 6.07) is 8.35. The fraction of sp³-hybridized carbons (Fsp3) is 0.529. The molecule has 3 heteroatoms. The molecule has 0 bridgehead atoms. The summed E-state index contributed by atoms with van der Waals surface area (Å²) in [7, 11) is 0. The molecule has 3 nitrogen and oxygen atoms in total. The Kier molecular flexibility index (Phi) is 3.49. The Balaban J connectivity index is 2.40. The van der Waals surface area contributed by atoms with E-state index < -0.39 is 0 Å². The van der Waals surface area contributed by atoms with Crippen LogP contribution in [0.1, 0.15) is 41.5 Å². The normalized spacial score (nSPS) is 16.6. The third kappa shape index (κ3) is 2.77. The van der Waals surface area contributed by atoms with Gasteiger partial charge in [0.2, 0.25) is 0 Å². The molecule has 1 N–H and O–H groups in total. The Bertz CT molecular complexity index is 521. The molecular formula is C17H26N2O. The minimum absolute atomic E-state index is 0.0516. The van der Waals surface area contributed by atoms with Crippen molar-refractivity contribution in [2.24, 2.45) is 5.41 Å². The Morgan fingerprint density at radius 3 is 2.10 bits per heavy atom. The van der Waals surface area contributed by atoms with Crippen molar-refractivity contribution in [1.82, 2.24) is 0 Å². The number of allylic oxidation sites excluding steroid dienone is 1. The van der Waals surface area contributed by atoms with Crippen molar-refractivity contribution >= 4 is 11.4 Å². The maximum absolute atomic E-state index is 10.3. The van der Waals surface area contributed by atoms with E-state index in [1.807, 2.05) is 33.0 Å². The molecule has 1 heterocycles. The number of fused-ring (bicyclic) bond motifs is 1. The zero-order valence-corrected chi connectivity index (χ0v) is 13.4. The molecule has 0 spiro atoms. The van der Waals surface area contributed by atoms with Crippen LogP contribution in [-0.2, 0) is 0 Å². The molecule has 0 unspecified atom stereocenters. The smallest absolute Gasteiger partial charge is 0.114 e. The van der Waals surface area contributed by atoms with Crippen LogP contribution in [0.4, 0.5) is 11.4 Å². The van der Waals surface area contributed by atoms with E-state index in [1.165, 1.54) is 5.69 Å². The minimum Gasteiger partial charge on any atom is -0.510 e. The Morgan fingerprint density at radius 1 is 1.05 bits per heavy atom. The molecule has 0 amide bonds. The maximum Gasteiger partial charge on any atom is 0.114 e. The first-order valence-corrected chi connectivity index (χ1v) is 7.15. The van der Waals surface area contributed by atoms with Crippen molar-refractivity contribution in [1.29, 1.82) is 0 Å². The molecule has 0 fully saturated rings. The highest BCUT2D eigenvalue weighted by Crippen LogP contribution is 2.40. The highest BCUT2D eigenvalue weighted by atomic mass is 16.3. The summed E-state index contributed by atoms with van der Waals surface area (Å²) in [5.74, 6) is 0.406. The van der Waals surface area contributed by atoms with Crippen LogP contribution in [0.2, 0.25) is 0 Å². The van der Waals surface area contributed by atoms with Crippen LogP contribution in [0.5, 0.6) is 0 Å². The number of hydrogen-bond donors (Lipinski definition) is 1. The Labute approximate surface area is 122 Å². The largest absolute Gasteiger partial charge is 0.510 e. The SMILES string of the molecule is CC(C)(C)/C(O)=C/N1CN(C(C)(C)C)c2ccccc21. The van der Waals surface area contributed by atoms with Crippen LogP contribution in [-0.4, -0.2) is 17.3 Å². The van der Waals surface area contributed by atoms with Gasteiger partial charge in [0.1, 0.15) is 5.76 Å². The zero-order valence-electron chi connectivity index (χ0n) is 13.4. The van der Waals surface area contributed by atoms with Gasteiger partial charge >= 0.3 is 0 Å². The van der Waals surface area contributed by atoms with Crippen molar-refractivity contribution in [2.75, 3.05) is 16.5 Å². The average molecular weight is 274 g/mol. The van der Waals surface area contributed by atoms with Crippen LogP contribution >= 0.6 is 0 Å². The molecule has 0 atom stereocenters. The first-order valence-electron chi connectivity index (χ1n) is 7.15. The van der Waals surface area contributed by atoms with Gasteiger partial charge in [0.05, 0.1) is 18.0 Å². The van der Waals surface area contributed by atoms with Crippen molar-refractivity contribution in [2.45, 2.75) is 47.1 Å². The fourth-order valence-corrected chi connectivity index (χ4v) is 2.27. The molecular weight excluding hydrogens is 248 g/mol. The van der Waals surface area contributed by atoms with E-state index in [9.17, 15) is 5.11 Å². The lowest BCUT2D eigenvalue weighted by Gasteiger charge is -2.34. The lowest BCUT2D eigenvalue weighted by atomic mass is 9.94. The average Bonchev–Trinajstić information content (AvgIpc) is 2.67. The molecule has 1 aromatic carbocycles. The maximum atomic E-state index is 10.3. The van der Waals surface area contributed by atoms with Gasteiger partial charge in [0.25, 0.3) is 0 Å². The molecule has 0 saturated carbocycles. The lowest BCUT2D eigenvalue weighted by molar-refractivity contribution is 0.275. The quantitative estimate of drug-likeness (QED) is 0.763. The first-order chi connectivity index (χ1) is 9.10. The summed E-state index contributed by atoms with van der Waals surface area (Å²) in [6.45, 7) is 13.4. The number of anilines is 2. The molecule has 1 aliphatic rings. The van der Waals surface area contributed by atoms with Gasteiger partial charge in [-0.15, -0.1) is 0 Å². The lowest BCUT2D eigenvalue weighted by Crippen LogP contribution is -2.42. The highest BCUT2D eigenvalue weighted by molar-refractivity contribution is 5.78. The standard InChI is InChI=1S/C17H26N2O/c1-16(2,3)15(20)11-18-12-19(17(4,5)6)14-10-8-7-9-13(14)18/h7-11,20H,12H2,1-6H3/b15-11-. The van der Waals surface area contributed by atoms with Gasteiger partial charge in [-0.25, -0.2) is 0 Å². The fourth-order valence-electron chi connectivity index (χ4n) is 2.27. The third-order valence-electron chi connectivity index (χ3n) is 3.63. The Morgan fingerprint density at radius 2 is 1.60 bits per heavy atom. The monoisotopic (exact) mass is 274 g/mol. The van der Waals surface area contributed by atoms with E-state index in [0.717, 1.165) is 12.4 Å². The molecule has 2 rings (SSSR count). The van der Waals surface area contributed by atoms with E-state index in [4.69, 9.17) is 0 Å². The molecule has 110 valence electrons. The van der Waals surface area contributed by atoms with Crippen LogP contribution in [0.15, 0.2) is 36.2 Å². The number of aliphatic hydroxyl groups is 1.